The van der Waals surface area contributed by atoms with Crippen LogP contribution in [0.5, 0.6) is 0 Å². The Morgan fingerprint density at radius 2 is 1.62 bits per heavy atom. The molecule has 5 nitrogen and oxygen atoms in total. The first-order valence-corrected chi connectivity index (χ1v) is 9.99. The van der Waals surface area contributed by atoms with Crippen molar-refractivity contribution in [3.63, 3.8) is 0 Å². The van der Waals surface area contributed by atoms with Gasteiger partial charge < -0.3 is 5.32 Å². The van der Waals surface area contributed by atoms with Crippen molar-refractivity contribution in [1.82, 2.24) is 9.78 Å². The van der Waals surface area contributed by atoms with Gasteiger partial charge in [0, 0.05) is 17.2 Å². The van der Waals surface area contributed by atoms with Crippen molar-refractivity contribution in [3.05, 3.63) is 65.9 Å². The topological polar surface area (TPSA) is 59.0 Å². The van der Waals surface area contributed by atoms with Gasteiger partial charge in [-0.2, -0.15) is 5.10 Å². The molecule has 6 heteroatoms. The van der Waals surface area contributed by atoms with Gasteiger partial charge in [0.2, 0.25) is 0 Å². The Morgan fingerprint density at radius 3 is 2.17 bits per heavy atom. The molecule has 0 saturated heterocycles. The van der Waals surface area contributed by atoms with Crippen LogP contribution in [-0.2, 0) is 5.41 Å². The molecule has 0 radical (unpaired) electrons. The van der Waals surface area contributed by atoms with E-state index >= 15 is 0 Å². The third-order valence-electron chi connectivity index (χ3n) is 4.83. The van der Waals surface area contributed by atoms with Gasteiger partial charge in [-0.1, -0.05) is 64.3 Å². The van der Waals surface area contributed by atoms with E-state index in [1.807, 2.05) is 50.3 Å². The standard InChI is InChI=1S/C23H29BN4O/c1-15(2)16-6-12-19(13-7-16)28-21(14-20(27-28)23(3,4)5)26-22(29)25-18-10-8-17(24)9-11-18/h6-15H,24H2,1-5H3,(H2,25,26,29). The van der Waals surface area contributed by atoms with Gasteiger partial charge in [-0.05, 0) is 35.7 Å². The van der Waals surface area contributed by atoms with Crippen LogP contribution in [0.2, 0.25) is 0 Å². The summed E-state index contributed by atoms with van der Waals surface area (Å²) in [6.07, 6.45) is 0. The Kier molecular flexibility index (Phi) is 5.82. The highest BCUT2D eigenvalue weighted by atomic mass is 16.2. The largest absolute Gasteiger partial charge is 0.324 e. The molecule has 29 heavy (non-hydrogen) atoms. The minimum atomic E-state index is -0.297. The first kappa shape index (κ1) is 20.7. The van der Waals surface area contributed by atoms with Gasteiger partial charge >= 0.3 is 6.03 Å². The number of anilines is 2. The third kappa shape index (κ3) is 5.08. The lowest BCUT2D eigenvalue weighted by Gasteiger charge is -2.14. The molecular weight excluding hydrogens is 359 g/mol. The Bertz CT molecular complexity index is 983. The molecule has 150 valence electrons. The van der Waals surface area contributed by atoms with Crippen molar-refractivity contribution < 1.29 is 4.79 Å². The molecule has 0 aliphatic carbocycles. The number of urea groups is 1. The Morgan fingerprint density at radius 1 is 1.00 bits per heavy atom. The Hall–Kier alpha value is -3.02. The van der Waals surface area contributed by atoms with Crippen molar-refractivity contribution >= 4 is 30.8 Å². The molecule has 1 heterocycles. The molecule has 2 amide bonds. The molecule has 0 saturated carbocycles. The third-order valence-corrected chi connectivity index (χ3v) is 4.83. The monoisotopic (exact) mass is 388 g/mol. The van der Waals surface area contributed by atoms with Crippen molar-refractivity contribution in [2.45, 2.75) is 46.0 Å². The summed E-state index contributed by atoms with van der Waals surface area (Å²) in [5.74, 6) is 1.10. The fourth-order valence-corrected chi connectivity index (χ4v) is 2.95. The van der Waals surface area contributed by atoms with Crippen LogP contribution in [0.25, 0.3) is 5.69 Å². The number of hydrogen-bond acceptors (Lipinski definition) is 2. The van der Waals surface area contributed by atoms with Gasteiger partial charge in [0.05, 0.1) is 11.4 Å². The summed E-state index contributed by atoms with van der Waals surface area (Å²) in [5.41, 5.74) is 4.85. The summed E-state index contributed by atoms with van der Waals surface area (Å²) in [7, 11) is 2.01. The van der Waals surface area contributed by atoms with Crippen LogP contribution >= 0.6 is 0 Å². The van der Waals surface area contributed by atoms with Crippen LogP contribution in [0.1, 0.15) is 51.8 Å². The highest BCUT2D eigenvalue weighted by molar-refractivity contribution is 6.32. The molecule has 0 unspecified atom stereocenters. The van der Waals surface area contributed by atoms with Crippen LogP contribution in [0.15, 0.2) is 54.6 Å². The summed E-state index contributed by atoms with van der Waals surface area (Å²) in [6, 6.07) is 17.6. The number of rotatable bonds is 4. The molecule has 0 spiro atoms. The Balaban J connectivity index is 1.89. The summed E-state index contributed by atoms with van der Waals surface area (Å²) in [5, 5.41) is 10.6. The summed E-state index contributed by atoms with van der Waals surface area (Å²) >= 11 is 0. The summed E-state index contributed by atoms with van der Waals surface area (Å²) in [6.45, 7) is 10.7. The SMILES string of the molecule is Bc1ccc(NC(=O)Nc2cc(C(C)(C)C)nn2-c2ccc(C(C)C)cc2)cc1. The molecule has 0 atom stereocenters. The lowest BCUT2D eigenvalue weighted by molar-refractivity contribution is 0.262. The van der Waals surface area contributed by atoms with Crippen molar-refractivity contribution in [2.75, 3.05) is 10.6 Å². The minimum Gasteiger partial charge on any atom is -0.308 e. The molecular formula is C23H29BN4O. The summed E-state index contributed by atoms with van der Waals surface area (Å²) < 4.78 is 1.79. The minimum absolute atomic E-state index is 0.132. The molecule has 2 N–H and O–H groups in total. The van der Waals surface area contributed by atoms with E-state index in [2.05, 4.69) is 57.4 Å². The van der Waals surface area contributed by atoms with Crippen LogP contribution in [-0.4, -0.2) is 23.7 Å². The molecule has 3 aromatic rings. The molecule has 3 rings (SSSR count). The van der Waals surface area contributed by atoms with Crippen molar-refractivity contribution in [3.8, 4) is 5.69 Å². The number of carbonyl (C=O) groups excluding carboxylic acids is 1. The molecule has 0 aliphatic rings. The van der Waals surface area contributed by atoms with Crippen LogP contribution in [0.4, 0.5) is 16.3 Å². The van der Waals surface area contributed by atoms with E-state index in [-0.39, 0.29) is 11.4 Å². The fraction of sp³-hybridized carbons (Fsp3) is 0.304. The molecule has 1 aromatic heterocycles. The zero-order chi connectivity index (χ0) is 21.2. The summed E-state index contributed by atoms with van der Waals surface area (Å²) in [4.78, 5) is 12.6. The van der Waals surface area contributed by atoms with Gasteiger partial charge in [-0.15, -0.1) is 0 Å². The van der Waals surface area contributed by atoms with E-state index in [4.69, 9.17) is 5.10 Å². The first-order chi connectivity index (χ1) is 13.6. The number of nitrogens with zero attached hydrogens (tertiary/aromatic N) is 2. The predicted octanol–water partition coefficient (Wildman–Crippen LogP) is 4.20. The predicted molar refractivity (Wildman–Crippen MR) is 124 cm³/mol. The van der Waals surface area contributed by atoms with Crippen LogP contribution < -0.4 is 16.1 Å². The van der Waals surface area contributed by atoms with Gasteiger partial charge in [-0.3, -0.25) is 5.32 Å². The second-order valence-corrected chi connectivity index (χ2v) is 8.77. The van der Waals surface area contributed by atoms with E-state index < -0.39 is 0 Å². The quantitative estimate of drug-likeness (QED) is 0.659. The average Bonchev–Trinajstić information content (AvgIpc) is 3.08. The lowest BCUT2D eigenvalue weighted by atomic mass is 9.92. The van der Waals surface area contributed by atoms with Gasteiger partial charge in [0.15, 0.2) is 0 Å². The molecule has 2 aromatic carbocycles. The average molecular weight is 388 g/mol. The first-order valence-electron chi connectivity index (χ1n) is 9.99. The van der Waals surface area contributed by atoms with E-state index in [1.165, 1.54) is 5.56 Å². The second kappa shape index (κ2) is 8.15. The number of aromatic nitrogens is 2. The number of carbonyl (C=O) groups is 1. The number of nitrogens with one attached hydrogen (secondary N) is 2. The maximum atomic E-state index is 12.6. The normalized spacial score (nSPS) is 11.5. The van der Waals surface area contributed by atoms with E-state index in [1.54, 1.807) is 4.68 Å². The highest BCUT2D eigenvalue weighted by Gasteiger charge is 2.21. The van der Waals surface area contributed by atoms with Gasteiger partial charge in [0.1, 0.15) is 13.7 Å². The maximum absolute atomic E-state index is 12.6. The van der Waals surface area contributed by atoms with Crippen molar-refractivity contribution in [1.29, 1.82) is 0 Å². The Labute approximate surface area is 173 Å². The zero-order valence-electron chi connectivity index (χ0n) is 18.1. The van der Waals surface area contributed by atoms with E-state index in [0.717, 1.165) is 22.5 Å². The van der Waals surface area contributed by atoms with Crippen LogP contribution in [0.3, 0.4) is 0 Å². The van der Waals surface area contributed by atoms with E-state index in [9.17, 15) is 4.79 Å². The van der Waals surface area contributed by atoms with Crippen LogP contribution in [0, 0.1) is 0 Å². The number of amides is 2. The lowest BCUT2D eigenvalue weighted by Crippen LogP contribution is -2.21. The van der Waals surface area contributed by atoms with Gasteiger partial charge in [-0.25, -0.2) is 9.48 Å². The highest BCUT2D eigenvalue weighted by Crippen LogP contribution is 2.27. The maximum Gasteiger partial charge on any atom is 0.324 e. The fourth-order valence-electron chi connectivity index (χ4n) is 2.95. The number of hydrogen-bond donors (Lipinski definition) is 2. The molecule has 0 fully saturated rings. The van der Waals surface area contributed by atoms with Crippen molar-refractivity contribution in [2.24, 2.45) is 0 Å². The molecule has 0 aliphatic heterocycles. The van der Waals surface area contributed by atoms with E-state index in [0.29, 0.717) is 11.7 Å². The smallest absolute Gasteiger partial charge is 0.308 e. The zero-order valence-corrected chi connectivity index (χ0v) is 18.1. The second-order valence-electron chi connectivity index (χ2n) is 8.77. The number of benzene rings is 2. The van der Waals surface area contributed by atoms with Gasteiger partial charge in [0.25, 0.3) is 0 Å². The molecule has 0 bridgehead atoms.